The second-order valence-corrected chi connectivity index (χ2v) is 5.65. The van der Waals surface area contributed by atoms with Crippen molar-refractivity contribution < 1.29 is 14.6 Å². The van der Waals surface area contributed by atoms with Crippen molar-refractivity contribution in [1.82, 2.24) is 0 Å². The summed E-state index contributed by atoms with van der Waals surface area (Å²) in [6.07, 6.45) is 0.378. The number of nitrogens with two attached hydrogens (primary N) is 1. The lowest BCUT2D eigenvalue weighted by molar-refractivity contribution is -0.0296. The monoisotopic (exact) mass is 294 g/mol. The van der Waals surface area contributed by atoms with Crippen LogP contribution in [0.1, 0.15) is 24.9 Å². The largest absolute Gasteiger partial charge is 0.389 e. The Bertz CT molecular complexity index is 441. The predicted octanol–water partition coefficient (Wildman–Crippen LogP) is 1.31. The zero-order valence-electron chi connectivity index (χ0n) is 12.9. The van der Waals surface area contributed by atoms with Gasteiger partial charge >= 0.3 is 0 Å². The van der Waals surface area contributed by atoms with Crippen LogP contribution in [0.5, 0.6) is 0 Å². The van der Waals surface area contributed by atoms with Gasteiger partial charge < -0.3 is 25.2 Å². The van der Waals surface area contributed by atoms with Crippen molar-refractivity contribution in [3.8, 4) is 0 Å². The van der Waals surface area contributed by atoms with Crippen LogP contribution in [0.25, 0.3) is 0 Å². The number of aliphatic hydroxyl groups is 1. The molecule has 1 heterocycles. The zero-order chi connectivity index (χ0) is 15.2. The Kier molecular flexibility index (Phi) is 5.99. The van der Waals surface area contributed by atoms with Crippen LogP contribution >= 0.6 is 0 Å². The molecule has 1 aliphatic rings. The number of hydrogen-bond acceptors (Lipinski definition) is 5. The summed E-state index contributed by atoms with van der Waals surface area (Å²) in [6.45, 7) is 4.21. The predicted molar refractivity (Wildman–Crippen MR) is 83.5 cm³/mol. The molecule has 5 nitrogen and oxygen atoms in total. The number of hydrogen-bond donors (Lipinski definition) is 2. The highest BCUT2D eigenvalue weighted by Gasteiger charge is 2.23. The maximum atomic E-state index is 10.2. The molecule has 5 heteroatoms. The lowest BCUT2D eigenvalue weighted by Crippen LogP contribution is -2.40. The van der Waals surface area contributed by atoms with Crippen molar-refractivity contribution in [3.63, 3.8) is 0 Å². The molecule has 1 aromatic carbocycles. The van der Waals surface area contributed by atoms with E-state index in [4.69, 9.17) is 15.2 Å². The van der Waals surface area contributed by atoms with E-state index in [9.17, 15) is 5.11 Å². The van der Waals surface area contributed by atoms with E-state index < -0.39 is 6.10 Å². The molecular formula is C16H26N2O3. The number of anilines is 1. The minimum absolute atomic E-state index is 0.00767. The normalized spacial score (nSPS) is 21.0. The summed E-state index contributed by atoms with van der Waals surface area (Å²) < 4.78 is 10.6. The van der Waals surface area contributed by atoms with Gasteiger partial charge in [-0.3, -0.25) is 0 Å². The highest BCUT2D eigenvalue weighted by Crippen LogP contribution is 2.31. The number of benzene rings is 1. The van der Waals surface area contributed by atoms with Crippen LogP contribution < -0.4 is 10.6 Å². The van der Waals surface area contributed by atoms with Crippen LogP contribution in [0.3, 0.4) is 0 Å². The third-order valence-corrected chi connectivity index (χ3v) is 3.79. The summed E-state index contributed by atoms with van der Waals surface area (Å²) in [5, 5.41) is 10.2. The molecule has 0 spiro atoms. The number of aliphatic hydroxyl groups excluding tert-OH is 1. The fraction of sp³-hybridized carbons (Fsp3) is 0.625. The van der Waals surface area contributed by atoms with Crippen molar-refractivity contribution in [2.45, 2.75) is 31.6 Å². The number of para-hydroxylation sites is 1. The van der Waals surface area contributed by atoms with Gasteiger partial charge in [0.1, 0.15) is 0 Å². The highest BCUT2D eigenvalue weighted by molar-refractivity contribution is 5.56. The first-order valence-electron chi connectivity index (χ1n) is 7.50. The first-order chi connectivity index (χ1) is 10.1. The molecule has 118 valence electrons. The summed E-state index contributed by atoms with van der Waals surface area (Å²) in [5.41, 5.74) is 8.43. The summed E-state index contributed by atoms with van der Waals surface area (Å²) >= 11 is 0. The molecule has 0 saturated carbocycles. The standard InChI is InChI=1S/C16H26N2O3/c1-12(10-20-2)21-11-13(19)9-18-8-7-15(17)14-5-3-4-6-16(14)18/h3-6,12-13,15,19H,7-11,17H2,1-2H3. The van der Waals surface area contributed by atoms with Crippen LogP contribution in [0.4, 0.5) is 5.69 Å². The van der Waals surface area contributed by atoms with E-state index in [1.807, 2.05) is 19.1 Å². The molecule has 2 rings (SSSR count). The van der Waals surface area contributed by atoms with E-state index in [-0.39, 0.29) is 12.1 Å². The third-order valence-electron chi connectivity index (χ3n) is 3.79. The number of methoxy groups -OCH3 is 1. The van der Waals surface area contributed by atoms with Gasteiger partial charge in [0.15, 0.2) is 0 Å². The minimum atomic E-state index is -0.522. The molecule has 3 atom stereocenters. The van der Waals surface area contributed by atoms with Gasteiger partial charge in [0.05, 0.1) is 25.4 Å². The van der Waals surface area contributed by atoms with Crippen LogP contribution in [0, 0.1) is 0 Å². The van der Waals surface area contributed by atoms with Gasteiger partial charge in [-0.25, -0.2) is 0 Å². The molecule has 1 aliphatic heterocycles. The molecule has 0 bridgehead atoms. The molecule has 0 amide bonds. The van der Waals surface area contributed by atoms with Gasteiger partial charge in [0.2, 0.25) is 0 Å². The maximum Gasteiger partial charge on any atom is 0.0948 e. The molecule has 3 N–H and O–H groups in total. The van der Waals surface area contributed by atoms with Crippen molar-refractivity contribution in [1.29, 1.82) is 0 Å². The Hall–Kier alpha value is -1.14. The van der Waals surface area contributed by atoms with Crippen LogP contribution in [0.15, 0.2) is 24.3 Å². The van der Waals surface area contributed by atoms with Gasteiger partial charge in [0.25, 0.3) is 0 Å². The fourth-order valence-corrected chi connectivity index (χ4v) is 2.71. The smallest absolute Gasteiger partial charge is 0.0948 e. The molecule has 0 aliphatic carbocycles. The average Bonchev–Trinajstić information content (AvgIpc) is 2.49. The molecule has 0 radical (unpaired) electrons. The Labute approximate surface area is 126 Å². The van der Waals surface area contributed by atoms with Gasteiger partial charge in [-0.1, -0.05) is 18.2 Å². The molecule has 0 fully saturated rings. The molecule has 1 aromatic rings. The van der Waals surface area contributed by atoms with Gasteiger partial charge in [-0.15, -0.1) is 0 Å². The quantitative estimate of drug-likeness (QED) is 0.793. The van der Waals surface area contributed by atoms with E-state index in [0.717, 1.165) is 24.2 Å². The SMILES string of the molecule is COCC(C)OCC(O)CN1CCC(N)c2ccccc21. The van der Waals surface area contributed by atoms with Crippen LogP contribution in [-0.4, -0.2) is 50.7 Å². The number of ether oxygens (including phenoxy) is 2. The second kappa shape index (κ2) is 7.75. The van der Waals surface area contributed by atoms with E-state index in [1.54, 1.807) is 7.11 Å². The lowest BCUT2D eigenvalue weighted by Gasteiger charge is -2.35. The first-order valence-corrected chi connectivity index (χ1v) is 7.50. The Morgan fingerprint density at radius 1 is 1.38 bits per heavy atom. The van der Waals surface area contributed by atoms with Crippen LogP contribution in [0.2, 0.25) is 0 Å². The minimum Gasteiger partial charge on any atom is -0.389 e. The molecular weight excluding hydrogens is 268 g/mol. The van der Waals surface area contributed by atoms with E-state index in [0.29, 0.717) is 19.8 Å². The zero-order valence-corrected chi connectivity index (χ0v) is 12.9. The Morgan fingerprint density at radius 3 is 2.90 bits per heavy atom. The fourth-order valence-electron chi connectivity index (χ4n) is 2.71. The number of β-amino-alcohol motifs (C(OH)–C–C–N with tert-alkyl or cyclic N) is 1. The first kappa shape index (κ1) is 16.2. The van der Waals surface area contributed by atoms with Crippen molar-refractivity contribution in [2.24, 2.45) is 5.73 Å². The number of rotatable bonds is 7. The Balaban J connectivity index is 1.90. The van der Waals surface area contributed by atoms with E-state index >= 15 is 0 Å². The van der Waals surface area contributed by atoms with E-state index in [2.05, 4.69) is 17.0 Å². The second-order valence-electron chi connectivity index (χ2n) is 5.65. The van der Waals surface area contributed by atoms with Gasteiger partial charge in [0, 0.05) is 31.9 Å². The lowest BCUT2D eigenvalue weighted by atomic mass is 9.97. The summed E-state index contributed by atoms with van der Waals surface area (Å²) in [4.78, 5) is 2.19. The van der Waals surface area contributed by atoms with Crippen molar-refractivity contribution in [2.75, 3.05) is 38.3 Å². The van der Waals surface area contributed by atoms with E-state index in [1.165, 1.54) is 0 Å². The number of nitrogens with zero attached hydrogens (tertiary/aromatic N) is 1. The van der Waals surface area contributed by atoms with Gasteiger partial charge in [-0.05, 0) is 25.0 Å². The Morgan fingerprint density at radius 2 is 2.14 bits per heavy atom. The molecule has 21 heavy (non-hydrogen) atoms. The highest BCUT2D eigenvalue weighted by atomic mass is 16.5. The molecule has 3 unspecified atom stereocenters. The topological polar surface area (TPSA) is 68.0 Å². The van der Waals surface area contributed by atoms with Gasteiger partial charge in [-0.2, -0.15) is 0 Å². The summed E-state index contributed by atoms with van der Waals surface area (Å²) in [5.74, 6) is 0. The van der Waals surface area contributed by atoms with Crippen molar-refractivity contribution >= 4 is 5.69 Å². The summed E-state index contributed by atoms with van der Waals surface area (Å²) in [6, 6.07) is 8.24. The summed E-state index contributed by atoms with van der Waals surface area (Å²) in [7, 11) is 1.64. The number of fused-ring (bicyclic) bond motifs is 1. The molecule has 0 aromatic heterocycles. The van der Waals surface area contributed by atoms with Crippen LogP contribution in [-0.2, 0) is 9.47 Å². The molecule has 0 saturated heterocycles. The third kappa shape index (κ3) is 4.41. The average molecular weight is 294 g/mol. The maximum absolute atomic E-state index is 10.2. The van der Waals surface area contributed by atoms with Crippen molar-refractivity contribution in [3.05, 3.63) is 29.8 Å².